The molecule has 2 atom stereocenters. The van der Waals surface area contributed by atoms with E-state index < -0.39 is 5.82 Å². The SMILES string of the molecule is Nc1cc(F)ccc1OCc1cn([C@@H]2COC[C@@H]2n2cccn2)nn1. The van der Waals surface area contributed by atoms with E-state index in [-0.39, 0.29) is 24.4 Å². The average Bonchev–Trinajstić information content (AvgIpc) is 3.33. The number of halogens is 1. The Morgan fingerprint density at radius 1 is 1.28 bits per heavy atom. The highest BCUT2D eigenvalue weighted by molar-refractivity contribution is 5.52. The summed E-state index contributed by atoms with van der Waals surface area (Å²) in [5, 5.41) is 12.6. The van der Waals surface area contributed by atoms with Crippen LogP contribution >= 0.6 is 0 Å². The van der Waals surface area contributed by atoms with Crippen molar-refractivity contribution in [2.24, 2.45) is 0 Å². The van der Waals surface area contributed by atoms with Crippen molar-refractivity contribution in [3.63, 3.8) is 0 Å². The summed E-state index contributed by atoms with van der Waals surface area (Å²) in [4.78, 5) is 0. The minimum Gasteiger partial charge on any atom is -0.485 e. The number of aromatic nitrogens is 5. The number of benzene rings is 1. The van der Waals surface area contributed by atoms with Gasteiger partial charge in [-0.2, -0.15) is 5.10 Å². The van der Waals surface area contributed by atoms with Crippen LogP contribution in [0.3, 0.4) is 0 Å². The van der Waals surface area contributed by atoms with Crippen molar-refractivity contribution in [1.29, 1.82) is 0 Å². The fraction of sp³-hybridized carbons (Fsp3) is 0.312. The molecule has 1 aromatic carbocycles. The summed E-state index contributed by atoms with van der Waals surface area (Å²) in [7, 11) is 0. The van der Waals surface area contributed by atoms with Gasteiger partial charge in [0.15, 0.2) is 0 Å². The van der Waals surface area contributed by atoms with Gasteiger partial charge in [0.2, 0.25) is 0 Å². The molecular formula is C16H17FN6O2. The molecule has 3 heterocycles. The quantitative estimate of drug-likeness (QED) is 0.707. The molecule has 0 radical (unpaired) electrons. The van der Waals surface area contributed by atoms with E-state index in [4.69, 9.17) is 15.2 Å². The van der Waals surface area contributed by atoms with Gasteiger partial charge in [0.1, 0.15) is 29.9 Å². The summed E-state index contributed by atoms with van der Waals surface area (Å²) in [6.07, 6.45) is 5.46. The lowest BCUT2D eigenvalue weighted by Crippen LogP contribution is -2.22. The Balaban J connectivity index is 1.45. The minimum atomic E-state index is -0.401. The third-order valence-corrected chi connectivity index (χ3v) is 4.13. The molecule has 0 spiro atoms. The molecule has 0 saturated carbocycles. The van der Waals surface area contributed by atoms with Gasteiger partial charge < -0.3 is 15.2 Å². The van der Waals surface area contributed by atoms with Crippen LogP contribution in [0.2, 0.25) is 0 Å². The molecule has 0 bridgehead atoms. The van der Waals surface area contributed by atoms with E-state index in [1.807, 2.05) is 23.1 Å². The first-order chi connectivity index (χ1) is 12.2. The zero-order valence-corrected chi connectivity index (χ0v) is 13.3. The van der Waals surface area contributed by atoms with Gasteiger partial charge >= 0.3 is 0 Å². The molecule has 3 aromatic rings. The highest BCUT2D eigenvalue weighted by atomic mass is 19.1. The van der Waals surface area contributed by atoms with Crippen molar-refractivity contribution in [2.45, 2.75) is 18.7 Å². The number of nitrogens with two attached hydrogens (primary N) is 1. The molecule has 1 saturated heterocycles. The van der Waals surface area contributed by atoms with E-state index >= 15 is 0 Å². The highest BCUT2D eigenvalue weighted by Crippen LogP contribution is 2.29. The number of rotatable bonds is 5. The Morgan fingerprint density at radius 2 is 2.12 bits per heavy atom. The maximum atomic E-state index is 13.1. The fourth-order valence-corrected chi connectivity index (χ4v) is 2.86. The van der Waals surface area contributed by atoms with Crippen LogP contribution in [0.1, 0.15) is 17.8 Å². The lowest BCUT2D eigenvalue weighted by Gasteiger charge is -2.17. The first-order valence-electron chi connectivity index (χ1n) is 7.86. The topological polar surface area (TPSA) is 93.0 Å². The summed E-state index contributed by atoms with van der Waals surface area (Å²) in [5.41, 5.74) is 6.62. The normalized spacial score (nSPS) is 20.0. The summed E-state index contributed by atoms with van der Waals surface area (Å²) >= 11 is 0. The molecule has 1 fully saturated rings. The maximum Gasteiger partial charge on any atom is 0.142 e. The second-order valence-electron chi connectivity index (χ2n) is 5.82. The summed E-state index contributed by atoms with van der Waals surface area (Å²) in [5.74, 6) is 0.0104. The molecular weight excluding hydrogens is 327 g/mol. The van der Waals surface area contributed by atoms with Gasteiger partial charge in [-0.3, -0.25) is 4.68 Å². The Labute approximate surface area is 142 Å². The smallest absolute Gasteiger partial charge is 0.142 e. The van der Waals surface area contributed by atoms with Crippen molar-refractivity contribution >= 4 is 5.69 Å². The maximum absolute atomic E-state index is 13.1. The van der Waals surface area contributed by atoms with Crippen LogP contribution in [0.4, 0.5) is 10.1 Å². The Bertz CT molecular complexity index is 850. The predicted octanol–water partition coefficient (Wildman–Crippen LogP) is 1.59. The third-order valence-electron chi connectivity index (χ3n) is 4.13. The van der Waals surface area contributed by atoms with E-state index in [0.29, 0.717) is 24.7 Å². The molecule has 0 amide bonds. The molecule has 1 aliphatic heterocycles. The average molecular weight is 344 g/mol. The Kier molecular flexibility index (Phi) is 4.06. The van der Waals surface area contributed by atoms with E-state index in [1.165, 1.54) is 18.2 Å². The van der Waals surface area contributed by atoms with Gasteiger partial charge in [-0.15, -0.1) is 5.10 Å². The zero-order chi connectivity index (χ0) is 17.2. The number of anilines is 1. The van der Waals surface area contributed by atoms with Crippen LogP contribution in [0.5, 0.6) is 5.75 Å². The first-order valence-corrected chi connectivity index (χ1v) is 7.86. The van der Waals surface area contributed by atoms with Gasteiger partial charge in [-0.1, -0.05) is 5.21 Å². The van der Waals surface area contributed by atoms with Crippen LogP contribution in [-0.4, -0.2) is 38.0 Å². The minimum absolute atomic E-state index is 0.0111. The van der Waals surface area contributed by atoms with Gasteiger partial charge in [0.25, 0.3) is 0 Å². The van der Waals surface area contributed by atoms with Gasteiger partial charge in [-0.25, -0.2) is 9.07 Å². The molecule has 9 heteroatoms. The van der Waals surface area contributed by atoms with Gasteiger partial charge in [-0.05, 0) is 18.2 Å². The number of nitrogens with zero attached hydrogens (tertiary/aromatic N) is 5. The van der Waals surface area contributed by atoms with Crippen molar-refractivity contribution in [3.05, 3.63) is 54.4 Å². The Morgan fingerprint density at radius 3 is 2.88 bits per heavy atom. The van der Waals surface area contributed by atoms with Gasteiger partial charge in [0.05, 0.1) is 31.1 Å². The van der Waals surface area contributed by atoms with E-state index in [2.05, 4.69) is 15.4 Å². The highest BCUT2D eigenvalue weighted by Gasteiger charge is 2.32. The molecule has 0 unspecified atom stereocenters. The predicted molar refractivity (Wildman–Crippen MR) is 86.3 cm³/mol. The lowest BCUT2D eigenvalue weighted by molar-refractivity contribution is 0.179. The Hall–Kier alpha value is -2.94. The second-order valence-corrected chi connectivity index (χ2v) is 5.82. The summed E-state index contributed by atoms with van der Waals surface area (Å²) in [6.45, 7) is 1.30. The zero-order valence-electron chi connectivity index (χ0n) is 13.3. The van der Waals surface area contributed by atoms with Crippen LogP contribution in [0, 0.1) is 5.82 Å². The molecule has 4 rings (SSSR count). The number of nitrogen functional groups attached to an aromatic ring is 1. The third kappa shape index (κ3) is 3.18. The summed E-state index contributed by atoms with van der Waals surface area (Å²) in [6, 6.07) is 5.97. The largest absolute Gasteiger partial charge is 0.485 e. The molecule has 130 valence electrons. The monoisotopic (exact) mass is 344 g/mol. The molecule has 0 aliphatic carbocycles. The summed E-state index contributed by atoms with van der Waals surface area (Å²) < 4.78 is 27.9. The number of ether oxygens (including phenoxy) is 2. The van der Waals surface area contributed by atoms with Crippen molar-refractivity contribution < 1.29 is 13.9 Å². The number of hydrogen-bond donors (Lipinski definition) is 1. The standard InChI is InChI=1S/C16H17FN6O2/c17-11-2-3-16(13(18)6-11)25-8-12-7-23(21-20-12)15-10-24-9-14(15)22-5-1-4-19-22/h1-7,14-15H,8-10,18H2/t14-,15+/m0/s1. The van der Waals surface area contributed by atoms with Crippen molar-refractivity contribution in [3.8, 4) is 5.75 Å². The first kappa shape index (κ1) is 15.6. The molecule has 1 aliphatic rings. The van der Waals surface area contributed by atoms with Crippen LogP contribution in [0.25, 0.3) is 0 Å². The van der Waals surface area contributed by atoms with Crippen LogP contribution in [-0.2, 0) is 11.3 Å². The van der Waals surface area contributed by atoms with Crippen molar-refractivity contribution in [1.82, 2.24) is 24.8 Å². The van der Waals surface area contributed by atoms with Crippen LogP contribution < -0.4 is 10.5 Å². The van der Waals surface area contributed by atoms with Gasteiger partial charge in [0, 0.05) is 18.5 Å². The van der Waals surface area contributed by atoms with E-state index in [1.54, 1.807) is 10.9 Å². The van der Waals surface area contributed by atoms with Crippen LogP contribution in [0.15, 0.2) is 42.9 Å². The second kappa shape index (κ2) is 6.52. The molecule has 8 nitrogen and oxygen atoms in total. The molecule has 2 N–H and O–H groups in total. The lowest BCUT2D eigenvalue weighted by atomic mass is 10.2. The fourth-order valence-electron chi connectivity index (χ4n) is 2.86. The van der Waals surface area contributed by atoms with E-state index in [9.17, 15) is 4.39 Å². The van der Waals surface area contributed by atoms with E-state index in [0.717, 1.165) is 0 Å². The molecule has 2 aromatic heterocycles. The number of hydrogen-bond acceptors (Lipinski definition) is 6. The molecule has 25 heavy (non-hydrogen) atoms. The van der Waals surface area contributed by atoms with Crippen molar-refractivity contribution in [2.75, 3.05) is 18.9 Å².